The molecule has 0 saturated carbocycles. The molecule has 10 heavy (non-hydrogen) atoms. The van der Waals surface area contributed by atoms with Crippen LogP contribution in [0.15, 0.2) is 37.0 Å². The van der Waals surface area contributed by atoms with Gasteiger partial charge in [-0.3, -0.25) is 0 Å². The minimum Gasteiger partial charge on any atom is -0.361 e. The second kappa shape index (κ2) is 6.59. The van der Waals surface area contributed by atoms with Gasteiger partial charge in [0.15, 0.2) is 0 Å². The van der Waals surface area contributed by atoms with Gasteiger partial charge in [0.25, 0.3) is 0 Å². The monoisotopic (exact) mass is 158 g/mol. The normalized spacial score (nSPS) is 11.1. The van der Waals surface area contributed by atoms with Crippen LogP contribution < -0.4 is 0 Å². The fourth-order valence-corrected chi connectivity index (χ4v) is 0.560. The van der Waals surface area contributed by atoms with Crippen molar-refractivity contribution in [3.05, 3.63) is 37.0 Å². The standard InChI is InChI=1S/C8H11ClO/c1-3-5-8(4-2)6-10-7-9/h3-5H,1-2,6-7H2/b8-5+. The molecule has 0 aromatic carbocycles. The summed E-state index contributed by atoms with van der Waals surface area (Å²) >= 11 is 5.29. The summed E-state index contributed by atoms with van der Waals surface area (Å²) in [7, 11) is 0. The Balaban J connectivity index is 3.70. The van der Waals surface area contributed by atoms with Crippen LogP contribution in [0.1, 0.15) is 0 Å². The molecule has 0 bridgehead atoms. The molecule has 0 aromatic rings. The predicted molar refractivity (Wildman–Crippen MR) is 45.1 cm³/mol. The first kappa shape index (κ1) is 9.47. The molecule has 0 atom stereocenters. The van der Waals surface area contributed by atoms with Gasteiger partial charge < -0.3 is 4.74 Å². The summed E-state index contributed by atoms with van der Waals surface area (Å²) in [4.78, 5) is 0. The van der Waals surface area contributed by atoms with E-state index in [2.05, 4.69) is 13.2 Å². The molecular weight excluding hydrogens is 148 g/mol. The first-order chi connectivity index (χ1) is 4.85. The van der Waals surface area contributed by atoms with E-state index in [0.717, 1.165) is 5.57 Å². The van der Waals surface area contributed by atoms with Gasteiger partial charge in [-0.25, -0.2) is 0 Å². The van der Waals surface area contributed by atoms with Gasteiger partial charge >= 0.3 is 0 Å². The summed E-state index contributed by atoms with van der Waals surface area (Å²) in [5, 5.41) is 0. The smallest absolute Gasteiger partial charge is 0.121 e. The van der Waals surface area contributed by atoms with Crippen LogP contribution in [-0.4, -0.2) is 12.7 Å². The summed E-state index contributed by atoms with van der Waals surface area (Å²) < 4.78 is 4.92. The third-order valence-corrected chi connectivity index (χ3v) is 1.09. The minimum atomic E-state index is 0.211. The highest BCUT2D eigenvalue weighted by atomic mass is 35.5. The molecule has 0 radical (unpaired) electrons. The van der Waals surface area contributed by atoms with Crippen LogP contribution in [0, 0.1) is 0 Å². The number of hydrogen-bond acceptors (Lipinski definition) is 1. The molecule has 0 aliphatic rings. The van der Waals surface area contributed by atoms with E-state index in [-0.39, 0.29) is 6.07 Å². The molecule has 0 N–H and O–H groups in total. The van der Waals surface area contributed by atoms with Gasteiger partial charge in [0, 0.05) is 0 Å². The van der Waals surface area contributed by atoms with E-state index in [1.165, 1.54) is 0 Å². The van der Waals surface area contributed by atoms with Crippen molar-refractivity contribution in [1.82, 2.24) is 0 Å². The second-order valence-electron chi connectivity index (χ2n) is 1.64. The summed E-state index contributed by atoms with van der Waals surface area (Å²) in [5.41, 5.74) is 0.982. The lowest BCUT2D eigenvalue weighted by atomic mass is 10.2. The second-order valence-corrected chi connectivity index (χ2v) is 1.86. The Hall–Kier alpha value is -0.530. The van der Waals surface area contributed by atoms with Crippen molar-refractivity contribution in [2.24, 2.45) is 0 Å². The number of hydrogen-bond donors (Lipinski definition) is 0. The molecular formula is C8H11ClO. The van der Waals surface area contributed by atoms with E-state index in [1.54, 1.807) is 12.2 Å². The Labute approximate surface area is 66.6 Å². The van der Waals surface area contributed by atoms with Crippen molar-refractivity contribution in [3.8, 4) is 0 Å². The molecule has 0 spiro atoms. The number of ether oxygens (including phenoxy) is 1. The Bertz CT molecular complexity index is 138. The molecule has 1 nitrogen and oxygen atoms in total. The van der Waals surface area contributed by atoms with Crippen LogP contribution in [-0.2, 0) is 4.74 Å². The lowest BCUT2D eigenvalue weighted by Crippen LogP contribution is -1.93. The van der Waals surface area contributed by atoms with E-state index in [9.17, 15) is 0 Å². The van der Waals surface area contributed by atoms with Gasteiger partial charge in [0.05, 0.1) is 6.61 Å². The Kier molecular flexibility index (Phi) is 6.24. The number of rotatable bonds is 5. The third-order valence-electron chi connectivity index (χ3n) is 0.940. The van der Waals surface area contributed by atoms with E-state index in [1.807, 2.05) is 6.08 Å². The van der Waals surface area contributed by atoms with Crippen LogP contribution in [0.25, 0.3) is 0 Å². The van der Waals surface area contributed by atoms with Crippen molar-refractivity contribution in [2.45, 2.75) is 0 Å². The fourth-order valence-electron chi connectivity index (χ4n) is 0.483. The van der Waals surface area contributed by atoms with Gasteiger partial charge in [-0.1, -0.05) is 43.0 Å². The van der Waals surface area contributed by atoms with E-state index in [4.69, 9.17) is 16.3 Å². The highest BCUT2D eigenvalue weighted by molar-refractivity contribution is 6.17. The van der Waals surface area contributed by atoms with Gasteiger partial charge in [-0.05, 0) is 5.57 Å². The van der Waals surface area contributed by atoms with E-state index < -0.39 is 0 Å². The molecule has 0 unspecified atom stereocenters. The van der Waals surface area contributed by atoms with Crippen molar-refractivity contribution in [2.75, 3.05) is 12.7 Å². The van der Waals surface area contributed by atoms with Crippen molar-refractivity contribution >= 4 is 11.6 Å². The third kappa shape index (κ3) is 4.36. The molecule has 0 aliphatic heterocycles. The first-order valence-electron chi connectivity index (χ1n) is 2.93. The molecule has 0 rings (SSSR count). The zero-order chi connectivity index (χ0) is 7.82. The minimum absolute atomic E-state index is 0.211. The van der Waals surface area contributed by atoms with Crippen molar-refractivity contribution < 1.29 is 4.74 Å². The van der Waals surface area contributed by atoms with Crippen LogP contribution in [0.3, 0.4) is 0 Å². The largest absolute Gasteiger partial charge is 0.361 e. The maximum absolute atomic E-state index is 5.29. The Morgan fingerprint density at radius 1 is 1.50 bits per heavy atom. The van der Waals surface area contributed by atoms with Crippen LogP contribution >= 0.6 is 11.6 Å². The quantitative estimate of drug-likeness (QED) is 0.441. The van der Waals surface area contributed by atoms with Gasteiger partial charge in [0.2, 0.25) is 0 Å². The fraction of sp³-hybridized carbons (Fsp3) is 0.250. The van der Waals surface area contributed by atoms with Gasteiger partial charge in [0.1, 0.15) is 6.07 Å². The van der Waals surface area contributed by atoms with Crippen LogP contribution in [0.4, 0.5) is 0 Å². The highest BCUT2D eigenvalue weighted by Crippen LogP contribution is 1.97. The molecule has 2 heteroatoms. The number of allylic oxidation sites excluding steroid dienone is 2. The lowest BCUT2D eigenvalue weighted by Gasteiger charge is -1.98. The van der Waals surface area contributed by atoms with Crippen LogP contribution in [0.2, 0.25) is 0 Å². The zero-order valence-corrected chi connectivity index (χ0v) is 6.60. The molecule has 56 valence electrons. The molecule has 0 aromatic heterocycles. The highest BCUT2D eigenvalue weighted by Gasteiger charge is 1.87. The Morgan fingerprint density at radius 2 is 2.20 bits per heavy atom. The van der Waals surface area contributed by atoms with E-state index >= 15 is 0 Å². The lowest BCUT2D eigenvalue weighted by molar-refractivity contribution is 0.207. The average molecular weight is 159 g/mol. The average Bonchev–Trinajstić information content (AvgIpc) is 1.98. The molecule has 0 amide bonds. The van der Waals surface area contributed by atoms with Crippen LogP contribution in [0.5, 0.6) is 0 Å². The Morgan fingerprint density at radius 3 is 2.60 bits per heavy atom. The topological polar surface area (TPSA) is 9.23 Å². The first-order valence-corrected chi connectivity index (χ1v) is 3.46. The molecule has 0 saturated heterocycles. The summed E-state index contributed by atoms with van der Waals surface area (Å²) in [6.07, 6.45) is 5.24. The summed E-state index contributed by atoms with van der Waals surface area (Å²) in [6.45, 7) is 7.64. The van der Waals surface area contributed by atoms with Gasteiger partial charge in [-0.15, -0.1) is 0 Å². The van der Waals surface area contributed by atoms with Gasteiger partial charge in [-0.2, -0.15) is 0 Å². The maximum Gasteiger partial charge on any atom is 0.121 e. The van der Waals surface area contributed by atoms with Crippen molar-refractivity contribution in [1.29, 1.82) is 0 Å². The number of alkyl halides is 1. The molecule has 0 heterocycles. The van der Waals surface area contributed by atoms with E-state index in [0.29, 0.717) is 6.61 Å². The molecule has 0 fully saturated rings. The number of halogens is 1. The SMILES string of the molecule is C=C/C=C(\C=C)COCCl. The summed E-state index contributed by atoms with van der Waals surface area (Å²) in [5.74, 6) is 0. The zero-order valence-electron chi connectivity index (χ0n) is 5.85. The molecule has 0 aliphatic carbocycles. The maximum atomic E-state index is 5.29. The predicted octanol–water partition coefficient (Wildman–Crippen LogP) is 2.50. The van der Waals surface area contributed by atoms with Crippen molar-refractivity contribution in [3.63, 3.8) is 0 Å². The summed E-state index contributed by atoms with van der Waals surface area (Å²) in [6, 6.07) is 0.211.